The van der Waals surface area contributed by atoms with Crippen LogP contribution >= 0.6 is 11.8 Å². The summed E-state index contributed by atoms with van der Waals surface area (Å²) >= 11 is 1.55. The van der Waals surface area contributed by atoms with Gasteiger partial charge < -0.3 is 10.2 Å². The van der Waals surface area contributed by atoms with Crippen molar-refractivity contribution in [3.63, 3.8) is 0 Å². The fraction of sp³-hybridized carbons (Fsp3) is 0.579. The van der Waals surface area contributed by atoms with Gasteiger partial charge in [0.2, 0.25) is 5.91 Å². The fourth-order valence-corrected chi connectivity index (χ4v) is 5.24. The van der Waals surface area contributed by atoms with E-state index in [0.29, 0.717) is 11.5 Å². The maximum Gasteiger partial charge on any atom is 0.253 e. The van der Waals surface area contributed by atoms with Gasteiger partial charge in [0.1, 0.15) is 0 Å². The number of thioether (sulfide) groups is 1. The highest BCUT2D eigenvalue weighted by molar-refractivity contribution is 8.00. The van der Waals surface area contributed by atoms with Crippen molar-refractivity contribution in [2.24, 2.45) is 11.8 Å². The maximum atomic E-state index is 12.9. The van der Waals surface area contributed by atoms with Gasteiger partial charge in [0.05, 0.1) is 10.9 Å². The van der Waals surface area contributed by atoms with Crippen molar-refractivity contribution < 1.29 is 9.59 Å². The van der Waals surface area contributed by atoms with Gasteiger partial charge in [-0.1, -0.05) is 19.3 Å². The predicted octanol–water partition coefficient (Wildman–Crippen LogP) is 3.77. The number of benzene rings is 1. The highest BCUT2D eigenvalue weighted by Gasteiger charge is 2.33. The first-order chi connectivity index (χ1) is 11.6. The number of hydrogen-bond acceptors (Lipinski definition) is 3. The molecule has 0 bridgehead atoms. The van der Waals surface area contributed by atoms with Gasteiger partial charge in [-0.25, -0.2) is 0 Å². The van der Waals surface area contributed by atoms with Crippen molar-refractivity contribution in [3.8, 4) is 0 Å². The number of rotatable bonds is 1. The third kappa shape index (κ3) is 2.94. The number of amides is 2. The molecule has 4 rings (SSSR count). The Kier molecular flexibility index (Phi) is 4.29. The molecule has 3 aliphatic rings. The Morgan fingerprint density at radius 3 is 2.83 bits per heavy atom. The first-order valence-electron chi connectivity index (χ1n) is 9.02. The lowest BCUT2D eigenvalue weighted by atomic mass is 9.75. The fourth-order valence-electron chi connectivity index (χ4n) is 4.31. The van der Waals surface area contributed by atoms with Crippen LogP contribution in [0.5, 0.6) is 0 Å². The van der Waals surface area contributed by atoms with Crippen molar-refractivity contribution in [1.82, 2.24) is 4.90 Å². The molecule has 0 spiro atoms. The van der Waals surface area contributed by atoms with Crippen LogP contribution in [0, 0.1) is 11.8 Å². The van der Waals surface area contributed by atoms with E-state index in [4.69, 9.17) is 0 Å². The molecule has 0 radical (unpaired) electrons. The van der Waals surface area contributed by atoms with E-state index in [9.17, 15) is 9.59 Å². The molecular weight excluding hydrogens is 320 g/mol. The topological polar surface area (TPSA) is 49.4 Å². The number of piperidine rings is 1. The second kappa shape index (κ2) is 6.43. The van der Waals surface area contributed by atoms with Crippen LogP contribution in [-0.4, -0.2) is 35.1 Å². The van der Waals surface area contributed by atoms with E-state index in [1.807, 2.05) is 30.0 Å². The molecule has 3 atom stereocenters. The molecule has 0 unspecified atom stereocenters. The number of likely N-dealkylation sites (tertiary alicyclic amines) is 1. The van der Waals surface area contributed by atoms with Crippen molar-refractivity contribution >= 4 is 29.3 Å². The quantitative estimate of drug-likeness (QED) is 0.844. The molecule has 24 heavy (non-hydrogen) atoms. The first-order valence-corrected chi connectivity index (χ1v) is 9.90. The molecule has 128 valence electrons. The number of fused-ring (bicyclic) bond motifs is 2. The van der Waals surface area contributed by atoms with Gasteiger partial charge in [-0.15, -0.1) is 11.8 Å². The van der Waals surface area contributed by atoms with Crippen molar-refractivity contribution in [2.45, 2.75) is 49.2 Å². The standard InChI is InChI=1S/C19H24N2O2S/c1-12-18(22)20-16-10-14(6-7-17(16)24-12)19(23)21-9-8-13-4-2-3-5-15(13)11-21/h6-7,10,12-13,15H,2-5,8-9,11H2,1H3,(H,20,22)/t12-,13+,15+/m0/s1. The highest BCUT2D eigenvalue weighted by atomic mass is 32.2. The van der Waals surface area contributed by atoms with E-state index in [0.717, 1.165) is 36.0 Å². The Morgan fingerprint density at radius 2 is 2.00 bits per heavy atom. The van der Waals surface area contributed by atoms with Crippen LogP contribution in [0.2, 0.25) is 0 Å². The van der Waals surface area contributed by atoms with E-state index < -0.39 is 0 Å². The van der Waals surface area contributed by atoms with Crippen LogP contribution in [0.25, 0.3) is 0 Å². The zero-order valence-corrected chi connectivity index (χ0v) is 14.9. The molecule has 5 heteroatoms. The van der Waals surface area contributed by atoms with Gasteiger partial charge in [0, 0.05) is 23.5 Å². The summed E-state index contributed by atoms with van der Waals surface area (Å²) in [5.74, 6) is 1.63. The van der Waals surface area contributed by atoms with Gasteiger partial charge in [0.15, 0.2) is 0 Å². The Bertz CT molecular complexity index is 675. The Balaban J connectivity index is 1.51. The van der Waals surface area contributed by atoms with E-state index in [1.54, 1.807) is 11.8 Å². The monoisotopic (exact) mass is 344 g/mol. The molecule has 4 nitrogen and oxygen atoms in total. The average Bonchev–Trinajstić information content (AvgIpc) is 2.61. The summed E-state index contributed by atoms with van der Waals surface area (Å²) in [6.45, 7) is 3.67. The number of nitrogens with one attached hydrogen (secondary N) is 1. The summed E-state index contributed by atoms with van der Waals surface area (Å²) in [4.78, 5) is 27.9. The zero-order chi connectivity index (χ0) is 16.7. The molecule has 2 amide bonds. The number of carbonyl (C=O) groups is 2. The first kappa shape index (κ1) is 16.0. The summed E-state index contributed by atoms with van der Waals surface area (Å²) in [6.07, 6.45) is 6.42. The minimum absolute atomic E-state index is 0.0140. The van der Waals surface area contributed by atoms with E-state index in [-0.39, 0.29) is 17.1 Å². The molecule has 1 saturated carbocycles. The molecule has 1 aromatic rings. The molecular formula is C19H24N2O2S. The maximum absolute atomic E-state index is 12.9. The summed E-state index contributed by atoms with van der Waals surface area (Å²) < 4.78 is 0. The Hall–Kier alpha value is -1.49. The molecule has 1 aliphatic carbocycles. The lowest BCUT2D eigenvalue weighted by Crippen LogP contribution is -2.44. The largest absolute Gasteiger partial charge is 0.338 e. The number of carbonyl (C=O) groups excluding carboxylic acids is 2. The lowest BCUT2D eigenvalue weighted by Gasteiger charge is -2.41. The second-order valence-corrected chi connectivity index (χ2v) is 8.69. The smallest absolute Gasteiger partial charge is 0.253 e. The van der Waals surface area contributed by atoms with Gasteiger partial charge in [-0.3, -0.25) is 9.59 Å². The predicted molar refractivity (Wildman–Crippen MR) is 96.4 cm³/mol. The molecule has 1 N–H and O–H groups in total. The number of hydrogen-bond donors (Lipinski definition) is 1. The van der Waals surface area contributed by atoms with Gasteiger partial charge in [-0.2, -0.15) is 0 Å². The zero-order valence-electron chi connectivity index (χ0n) is 14.1. The summed E-state index contributed by atoms with van der Waals surface area (Å²) in [5.41, 5.74) is 1.47. The molecule has 1 saturated heterocycles. The van der Waals surface area contributed by atoms with Crippen molar-refractivity contribution in [3.05, 3.63) is 23.8 Å². The Labute approximate surface area is 147 Å². The van der Waals surface area contributed by atoms with Crippen LogP contribution in [0.3, 0.4) is 0 Å². The van der Waals surface area contributed by atoms with Crippen LogP contribution in [-0.2, 0) is 4.79 Å². The van der Waals surface area contributed by atoms with Gasteiger partial charge in [0.25, 0.3) is 5.91 Å². The van der Waals surface area contributed by atoms with Gasteiger partial charge >= 0.3 is 0 Å². The molecule has 0 aromatic heterocycles. The molecule has 2 fully saturated rings. The van der Waals surface area contributed by atoms with Crippen LogP contribution in [0.1, 0.15) is 49.4 Å². The summed E-state index contributed by atoms with van der Waals surface area (Å²) in [7, 11) is 0. The van der Waals surface area contributed by atoms with Crippen molar-refractivity contribution in [2.75, 3.05) is 18.4 Å². The van der Waals surface area contributed by atoms with E-state index >= 15 is 0 Å². The molecule has 2 heterocycles. The third-order valence-electron chi connectivity index (χ3n) is 5.74. The van der Waals surface area contributed by atoms with Crippen LogP contribution in [0.15, 0.2) is 23.1 Å². The minimum Gasteiger partial charge on any atom is -0.338 e. The SMILES string of the molecule is C[C@@H]1Sc2ccc(C(=O)N3CC[C@H]4CCCC[C@@H]4C3)cc2NC1=O. The second-order valence-electron chi connectivity index (χ2n) is 7.30. The van der Waals surface area contributed by atoms with Crippen molar-refractivity contribution in [1.29, 1.82) is 0 Å². The summed E-state index contributed by atoms with van der Waals surface area (Å²) in [5, 5.41) is 2.84. The van der Waals surface area contributed by atoms with Crippen LogP contribution in [0.4, 0.5) is 5.69 Å². The van der Waals surface area contributed by atoms with E-state index in [1.165, 1.54) is 25.7 Å². The minimum atomic E-state index is -0.0793. The van der Waals surface area contributed by atoms with Crippen LogP contribution < -0.4 is 5.32 Å². The third-order valence-corrected chi connectivity index (χ3v) is 6.91. The lowest BCUT2D eigenvalue weighted by molar-refractivity contribution is -0.115. The number of nitrogens with zero attached hydrogens (tertiary/aromatic N) is 1. The molecule has 2 aliphatic heterocycles. The van der Waals surface area contributed by atoms with Gasteiger partial charge in [-0.05, 0) is 49.8 Å². The average molecular weight is 344 g/mol. The normalized spacial score (nSPS) is 29.5. The van der Waals surface area contributed by atoms with E-state index in [2.05, 4.69) is 5.32 Å². The highest BCUT2D eigenvalue weighted by Crippen LogP contribution is 2.38. The number of anilines is 1. The summed E-state index contributed by atoms with van der Waals surface area (Å²) in [6, 6.07) is 5.73. The Morgan fingerprint density at radius 1 is 1.21 bits per heavy atom. The molecule has 1 aromatic carbocycles.